The van der Waals surface area contributed by atoms with E-state index in [1.165, 1.54) is 37.8 Å². The zero-order chi connectivity index (χ0) is 17.6. The first kappa shape index (κ1) is 17.9. The van der Waals surface area contributed by atoms with Crippen LogP contribution >= 0.6 is 0 Å². The van der Waals surface area contributed by atoms with Crippen LogP contribution in [-0.2, 0) is 16.1 Å². The van der Waals surface area contributed by atoms with Crippen molar-refractivity contribution in [3.8, 4) is 0 Å². The number of nitrogens with zero attached hydrogens (tertiary/aromatic N) is 1. The summed E-state index contributed by atoms with van der Waals surface area (Å²) in [6.07, 6.45) is 8.07. The number of hydrogen-bond donors (Lipinski definition) is 1. The van der Waals surface area contributed by atoms with Crippen molar-refractivity contribution in [1.82, 2.24) is 10.2 Å². The molecule has 2 fully saturated rings. The van der Waals surface area contributed by atoms with Crippen LogP contribution in [0.25, 0.3) is 0 Å². The van der Waals surface area contributed by atoms with Gasteiger partial charge in [0.2, 0.25) is 11.8 Å². The summed E-state index contributed by atoms with van der Waals surface area (Å²) in [4.78, 5) is 26.8. The molecular formula is C20H27FN2O2. The Bertz CT molecular complexity index is 594. The van der Waals surface area contributed by atoms with Gasteiger partial charge in [-0.3, -0.25) is 9.59 Å². The molecular weight excluding hydrogens is 319 g/mol. The molecule has 0 spiro atoms. The maximum Gasteiger partial charge on any atom is 0.225 e. The molecule has 25 heavy (non-hydrogen) atoms. The van der Waals surface area contributed by atoms with Gasteiger partial charge in [0.25, 0.3) is 0 Å². The lowest BCUT2D eigenvalue weighted by Gasteiger charge is -2.37. The Balaban J connectivity index is 1.55. The fourth-order valence-corrected chi connectivity index (χ4v) is 3.94. The molecule has 1 aromatic rings. The summed E-state index contributed by atoms with van der Waals surface area (Å²) in [6.45, 7) is 0.936. The zero-order valence-corrected chi connectivity index (χ0v) is 14.7. The van der Waals surface area contributed by atoms with Gasteiger partial charge in [-0.25, -0.2) is 4.39 Å². The Morgan fingerprint density at radius 3 is 2.44 bits per heavy atom. The summed E-state index contributed by atoms with van der Waals surface area (Å²) in [6, 6.07) is 6.46. The highest BCUT2D eigenvalue weighted by atomic mass is 19.1. The summed E-state index contributed by atoms with van der Waals surface area (Å²) in [5.41, 5.74) is 0.877. The van der Waals surface area contributed by atoms with E-state index in [-0.39, 0.29) is 23.5 Å². The molecule has 1 saturated carbocycles. The molecule has 0 bridgehead atoms. The standard InChI is InChI=1S/C20H27FN2O2/c21-17-10-7-15(8-11-17)13-22-20(25)16-9-12-19(24)23(14-16)18-5-3-1-2-4-6-18/h7-8,10-11,16,18H,1-6,9,12-14H2,(H,22,25). The number of carbonyl (C=O) groups is 2. The largest absolute Gasteiger partial charge is 0.352 e. The topological polar surface area (TPSA) is 49.4 Å². The fraction of sp³-hybridized carbons (Fsp3) is 0.600. The number of piperidine rings is 1. The van der Waals surface area contributed by atoms with Gasteiger partial charge in [0.15, 0.2) is 0 Å². The molecule has 2 aliphatic rings. The fourth-order valence-electron chi connectivity index (χ4n) is 3.94. The minimum absolute atomic E-state index is 0.00422. The summed E-state index contributed by atoms with van der Waals surface area (Å²) in [7, 11) is 0. The van der Waals surface area contributed by atoms with Crippen LogP contribution in [0, 0.1) is 11.7 Å². The zero-order valence-electron chi connectivity index (χ0n) is 14.7. The van der Waals surface area contributed by atoms with Gasteiger partial charge in [0.1, 0.15) is 5.82 Å². The van der Waals surface area contributed by atoms with Crippen LogP contribution in [0.1, 0.15) is 56.9 Å². The molecule has 0 radical (unpaired) electrons. The third kappa shape index (κ3) is 4.80. The normalized spacial score (nSPS) is 22.5. The van der Waals surface area contributed by atoms with E-state index in [4.69, 9.17) is 0 Å². The van der Waals surface area contributed by atoms with E-state index in [9.17, 15) is 14.0 Å². The van der Waals surface area contributed by atoms with Crippen LogP contribution in [0.4, 0.5) is 4.39 Å². The van der Waals surface area contributed by atoms with Crippen molar-refractivity contribution < 1.29 is 14.0 Å². The van der Waals surface area contributed by atoms with E-state index in [0.29, 0.717) is 32.0 Å². The first-order valence-corrected chi connectivity index (χ1v) is 9.45. The SMILES string of the molecule is O=C(NCc1ccc(F)cc1)C1CCC(=O)N(C2CCCCCC2)C1. The molecule has 1 heterocycles. The predicted molar refractivity (Wildman–Crippen MR) is 94.2 cm³/mol. The van der Waals surface area contributed by atoms with Crippen LogP contribution in [0.2, 0.25) is 0 Å². The van der Waals surface area contributed by atoms with E-state index in [0.717, 1.165) is 18.4 Å². The van der Waals surface area contributed by atoms with Gasteiger partial charge in [-0.05, 0) is 37.0 Å². The molecule has 0 aromatic heterocycles. The van der Waals surface area contributed by atoms with E-state index in [1.807, 2.05) is 4.90 Å². The van der Waals surface area contributed by atoms with Gasteiger partial charge in [0.05, 0.1) is 5.92 Å². The summed E-state index contributed by atoms with van der Waals surface area (Å²) < 4.78 is 12.9. The molecule has 3 rings (SSSR count). The van der Waals surface area contributed by atoms with Crippen molar-refractivity contribution in [3.05, 3.63) is 35.6 Å². The van der Waals surface area contributed by atoms with Crippen molar-refractivity contribution in [3.63, 3.8) is 0 Å². The van der Waals surface area contributed by atoms with Crippen LogP contribution in [0.5, 0.6) is 0 Å². The Hall–Kier alpha value is -1.91. The lowest BCUT2D eigenvalue weighted by atomic mass is 9.93. The molecule has 1 aromatic carbocycles. The number of amides is 2. The lowest BCUT2D eigenvalue weighted by Crippen LogP contribution is -2.49. The second kappa shape index (κ2) is 8.45. The second-order valence-electron chi connectivity index (χ2n) is 7.27. The summed E-state index contributed by atoms with van der Waals surface area (Å²) in [5, 5.41) is 2.94. The summed E-state index contributed by atoms with van der Waals surface area (Å²) >= 11 is 0. The molecule has 1 saturated heterocycles. The van der Waals surface area contributed by atoms with Crippen LogP contribution in [0.15, 0.2) is 24.3 Å². The van der Waals surface area contributed by atoms with Crippen molar-refractivity contribution in [2.24, 2.45) is 5.92 Å². The molecule has 4 nitrogen and oxygen atoms in total. The number of benzene rings is 1. The van der Waals surface area contributed by atoms with Crippen molar-refractivity contribution in [2.75, 3.05) is 6.54 Å². The molecule has 1 aliphatic carbocycles. The Morgan fingerprint density at radius 2 is 1.76 bits per heavy atom. The average Bonchev–Trinajstić information content (AvgIpc) is 2.91. The minimum atomic E-state index is -0.278. The number of hydrogen-bond acceptors (Lipinski definition) is 2. The first-order chi connectivity index (χ1) is 12.1. The Kier molecular flexibility index (Phi) is 6.05. The molecule has 1 atom stereocenters. The first-order valence-electron chi connectivity index (χ1n) is 9.45. The van der Waals surface area contributed by atoms with Crippen LogP contribution < -0.4 is 5.32 Å². The predicted octanol–water partition coefficient (Wildman–Crippen LogP) is 3.40. The van der Waals surface area contributed by atoms with Crippen molar-refractivity contribution >= 4 is 11.8 Å². The maximum absolute atomic E-state index is 12.9. The quantitative estimate of drug-likeness (QED) is 0.850. The van der Waals surface area contributed by atoms with Crippen molar-refractivity contribution in [1.29, 1.82) is 0 Å². The number of rotatable bonds is 4. The van der Waals surface area contributed by atoms with Crippen LogP contribution in [0.3, 0.4) is 0 Å². The second-order valence-corrected chi connectivity index (χ2v) is 7.27. The average molecular weight is 346 g/mol. The van der Waals surface area contributed by atoms with Crippen molar-refractivity contribution in [2.45, 2.75) is 64.0 Å². The molecule has 5 heteroatoms. The Morgan fingerprint density at radius 1 is 1.08 bits per heavy atom. The van der Waals surface area contributed by atoms with E-state index >= 15 is 0 Å². The maximum atomic E-state index is 12.9. The molecule has 136 valence electrons. The highest BCUT2D eigenvalue weighted by Gasteiger charge is 2.34. The van der Waals surface area contributed by atoms with Crippen LogP contribution in [-0.4, -0.2) is 29.3 Å². The highest BCUT2D eigenvalue weighted by Crippen LogP contribution is 2.27. The number of halogens is 1. The third-order valence-electron chi connectivity index (χ3n) is 5.46. The number of nitrogens with one attached hydrogen (secondary N) is 1. The number of likely N-dealkylation sites (tertiary alicyclic amines) is 1. The van der Waals surface area contributed by atoms with Gasteiger partial charge in [-0.1, -0.05) is 37.8 Å². The molecule has 1 aliphatic heterocycles. The molecule has 1 unspecified atom stereocenters. The number of carbonyl (C=O) groups excluding carboxylic acids is 2. The van der Waals surface area contributed by atoms with Gasteiger partial charge in [-0.2, -0.15) is 0 Å². The van der Waals surface area contributed by atoms with E-state index < -0.39 is 0 Å². The molecule has 1 N–H and O–H groups in total. The van der Waals surface area contributed by atoms with E-state index in [1.54, 1.807) is 12.1 Å². The van der Waals surface area contributed by atoms with E-state index in [2.05, 4.69) is 5.32 Å². The molecule has 2 amide bonds. The van der Waals surface area contributed by atoms with Gasteiger partial charge >= 0.3 is 0 Å². The lowest BCUT2D eigenvalue weighted by molar-refractivity contribution is -0.141. The van der Waals surface area contributed by atoms with Gasteiger partial charge < -0.3 is 10.2 Å². The van der Waals surface area contributed by atoms with Gasteiger partial charge in [-0.15, -0.1) is 0 Å². The Labute approximate surface area is 148 Å². The summed E-state index contributed by atoms with van der Waals surface area (Å²) in [5.74, 6) is -0.216. The highest BCUT2D eigenvalue weighted by molar-refractivity contribution is 5.84. The monoisotopic (exact) mass is 346 g/mol. The third-order valence-corrected chi connectivity index (χ3v) is 5.46. The van der Waals surface area contributed by atoms with Gasteiger partial charge in [0, 0.05) is 25.6 Å². The minimum Gasteiger partial charge on any atom is -0.352 e. The smallest absolute Gasteiger partial charge is 0.225 e.